The van der Waals surface area contributed by atoms with Gasteiger partial charge in [-0.2, -0.15) is 0 Å². The number of halogens is 1. The van der Waals surface area contributed by atoms with Gasteiger partial charge in [0.25, 0.3) is 0 Å². The Kier molecular flexibility index (Phi) is 13.2. The van der Waals surface area contributed by atoms with Crippen LogP contribution in [0.5, 0.6) is 5.75 Å². The maximum absolute atomic E-state index is 12.1. The van der Waals surface area contributed by atoms with Gasteiger partial charge in [-0.1, -0.05) is 84.6 Å². The first kappa shape index (κ1) is 27.4. The van der Waals surface area contributed by atoms with Crippen LogP contribution < -0.4 is 4.74 Å². The van der Waals surface area contributed by atoms with Crippen molar-refractivity contribution in [3.05, 3.63) is 48.2 Å². The van der Waals surface area contributed by atoms with E-state index in [9.17, 15) is 4.79 Å². The van der Waals surface area contributed by atoms with Crippen molar-refractivity contribution in [3.63, 3.8) is 0 Å². The minimum atomic E-state index is -0.616. The zero-order valence-corrected chi connectivity index (χ0v) is 21.6. The Morgan fingerprint density at radius 2 is 1.48 bits per heavy atom. The molecule has 4 heteroatoms. The van der Waals surface area contributed by atoms with Gasteiger partial charge in [-0.05, 0) is 61.1 Å². The van der Waals surface area contributed by atoms with Gasteiger partial charge in [0.15, 0.2) is 0 Å². The second kappa shape index (κ2) is 15.9. The molecule has 1 heterocycles. The van der Waals surface area contributed by atoms with Crippen LogP contribution in [0.15, 0.2) is 42.6 Å². The fraction of sp³-hybridized carbons (Fsp3) is 0.586. The van der Waals surface area contributed by atoms with Gasteiger partial charge in [0.05, 0.1) is 5.69 Å². The van der Waals surface area contributed by atoms with Crippen molar-refractivity contribution in [2.24, 2.45) is 5.92 Å². The van der Waals surface area contributed by atoms with Crippen molar-refractivity contribution >= 4 is 17.6 Å². The van der Waals surface area contributed by atoms with E-state index < -0.39 is 11.3 Å². The van der Waals surface area contributed by atoms with Gasteiger partial charge in [-0.15, -0.1) is 11.6 Å². The van der Waals surface area contributed by atoms with E-state index in [1.165, 1.54) is 69.8 Å². The third-order valence-electron chi connectivity index (χ3n) is 5.95. The number of hydrogen-bond donors (Lipinski definition) is 0. The van der Waals surface area contributed by atoms with Crippen LogP contribution in [0.3, 0.4) is 0 Å². The van der Waals surface area contributed by atoms with Gasteiger partial charge in [0.1, 0.15) is 11.1 Å². The van der Waals surface area contributed by atoms with Crippen molar-refractivity contribution in [2.45, 2.75) is 103 Å². The summed E-state index contributed by atoms with van der Waals surface area (Å²) >= 11 is 6.12. The number of aromatic nitrogens is 1. The molecule has 182 valence electrons. The van der Waals surface area contributed by atoms with Crippen molar-refractivity contribution in [1.29, 1.82) is 0 Å². The quantitative estimate of drug-likeness (QED) is 0.106. The summed E-state index contributed by atoms with van der Waals surface area (Å²) in [4.78, 5) is 16.7. The van der Waals surface area contributed by atoms with E-state index in [1.807, 2.05) is 32.2 Å². The minimum Gasteiger partial charge on any atom is -0.425 e. The molecule has 3 nitrogen and oxygen atoms in total. The number of rotatable bonds is 16. The number of pyridine rings is 1. The zero-order chi connectivity index (χ0) is 23.9. The molecule has 2 rings (SSSR count). The molecule has 0 amide bonds. The van der Waals surface area contributed by atoms with E-state index >= 15 is 0 Å². The van der Waals surface area contributed by atoms with Crippen LogP contribution >= 0.6 is 11.6 Å². The zero-order valence-electron chi connectivity index (χ0n) is 20.8. The molecule has 0 aliphatic carbocycles. The van der Waals surface area contributed by atoms with Crippen LogP contribution in [0.4, 0.5) is 0 Å². The van der Waals surface area contributed by atoms with Crippen LogP contribution in [0, 0.1) is 5.92 Å². The molecule has 0 aliphatic rings. The largest absolute Gasteiger partial charge is 0.425 e. The van der Waals surface area contributed by atoms with E-state index in [-0.39, 0.29) is 0 Å². The van der Waals surface area contributed by atoms with Crippen LogP contribution in [0.25, 0.3) is 11.3 Å². The Labute approximate surface area is 206 Å². The summed E-state index contributed by atoms with van der Waals surface area (Å²) in [6, 6.07) is 11.7. The number of esters is 1. The first-order chi connectivity index (χ1) is 16.0. The highest BCUT2D eigenvalue weighted by Gasteiger charge is 2.19. The molecule has 1 atom stereocenters. The number of hydrogen-bond acceptors (Lipinski definition) is 3. The molecular formula is C29H42ClNO2. The molecule has 0 aliphatic heterocycles. The molecule has 1 aromatic heterocycles. The lowest BCUT2D eigenvalue weighted by molar-refractivity contribution is -0.134. The third kappa shape index (κ3) is 11.2. The normalized spacial score (nSPS) is 12.2. The summed E-state index contributed by atoms with van der Waals surface area (Å²) in [5.74, 6) is 0.463. The van der Waals surface area contributed by atoms with Gasteiger partial charge in [0.2, 0.25) is 0 Å². The maximum atomic E-state index is 12.1. The molecule has 0 radical (unpaired) electrons. The van der Waals surface area contributed by atoms with E-state index in [0.29, 0.717) is 18.1 Å². The summed E-state index contributed by atoms with van der Waals surface area (Å²) in [6.45, 7) is 6.34. The Hall–Kier alpha value is -1.87. The fourth-order valence-corrected chi connectivity index (χ4v) is 4.34. The Balaban J connectivity index is 1.69. The highest BCUT2D eigenvalue weighted by atomic mass is 35.5. The monoisotopic (exact) mass is 471 g/mol. The lowest BCUT2D eigenvalue weighted by Gasteiger charge is -2.11. The highest BCUT2D eigenvalue weighted by Crippen LogP contribution is 2.23. The SMILES string of the molecule is CCCCCCCCCCCCc1ccc(-c2ccc(OC(=O)C(Cl)CC(C)C)cc2)nc1. The van der Waals surface area contributed by atoms with Gasteiger partial charge in [-0.3, -0.25) is 9.78 Å². The summed E-state index contributed by atoms with van der Waals surface area (Å²) in [7, 11) is 0. The Bertz CT molecular complexity index is 786. The predicted molar refractivity (Wildman–Crippen MR) is 140 cm³/mol. The molecule has 33 heavy (non-hydrogen) atoms. The van der Waals surface area contributed by atoms with Crippen molar-refractivity contribution < 1.29 is 9.53 Å². The van der Waals surface area contributed by atoms with Crippen molar-refractivity contribution in [2.75, 3.05) is 0 Å². The maximum Gasteiger partial charge on any atom is 0.329 e. The van der Waals surface area contributed by atoms with E-state index in [4.69, 9.17) is 16.3 Å². The molecule has 0 bridgehead atoms. The van der Waals surface area contributed by atoms with E-state index in [1.54, 1.807) is 12.1 Å². The Morgan fingerprint density at radius 3 is 2.03 bits per heavy atom. The topological polar surface area (TPSA) is 39.2 Å². The van der Waals surface area contributed by atoms with Gasteiger partial charge in [-0.25, -0.2) is 0 Å². The number of carbonyl (C=O) groups is 1. The minimum absolute atomic E-state index is 0.349. The number of benzene rings is 1. The summed E-state index contributed by atoms with van der Waals surface area (Å²) in [5.41, 5.74) is 3.22. The molecule has 0 spiro atoms. The first-order valence-corrected chi connectivity index (χ1v) is 13.3. The second-order valence-corrected chi connectivity index (χ2v) is 10.1. The lowest BCUT2D eigenvalue weighted by atomic mass is 10.0. The smallest absolute Gasteiger partial charge is 0.329 e. The van der Waals surface area contributed by atoms with E-state index in [2.05, 4.69) is 24.0 Å². The van der Waals surface area contributed by atoms with Crippen LogP contribution in [-0.2, 0) is 11.2 Å². The van der Waals surface area contributed by atoms with Crippen molar-refractivity contribution in [3.8, 4) is 17.0 Å². The first-order valence-electron chi connectivity index (χ1n) is 12.9. The molecule has 0 saturated carbocycles. The van der Waals surface area contributed by atoms with Gasteiger partial charge in [0, 0.05) is 11.8 Å². The van der Waals surface area contributed by atoms with Crippen LogP contribution in [0.2, 0.25) is 0 Å². The third-order valence-corrected chi connectivity index (χ3v) is 6.30. The number of nitrogens with zero attached hydrogens (tertiary/aromatic N) is 1. The van der Waals surface area contributed by atoms with Gasteiger partial charge >= 0.3 is 5.97 Å². The number of carbonyl (C=O) groups excluding carboxylic acids is 1. The second-order valence-electron chi connectivity index (χ2n) is 9.53. The molecule has 2 aromatic rings. The summed E-state index contributed by atoms with van der Waals surface area (Å²) in [5, 5.41) is -0.616. The number of ether oxygens (including phenoxy) is 1. The highest BCUT2D eigenvalue weighted by molar-refractivity contribution is 6.30. The number of aryl methyl sites for hydroxylation is 1. The van der Waals surface area contributed by atoms with Crippen LogP contribution in [-0.4, -0.2) is 16.3 Å². The predicted octanol–water partition coefficient (Wildman–Crippen LogP) is 8.77. The lowest BCUT2D eigenvalue weighted by Crippen LogP contribution is -2.22. The number of alkyl halides is 1. The molecule has 0 N–H and O–H groups in total. The molecule has 1 aromatic carbocycles. The molecule has 1 unspecified atom stereocenters. The molecular weight excluding hydrogens is 430 g/mol. The van der Waals surface area contributed by atoms with Gasteiger partial charge < -0.3 is 4.74 Å². The number of unbranched alkanes of at least 4 members (excludes halogenated alkanes) is 9. The fourth-order valence-electron chi connectivity index (χ4n) is 3.94. The van der Waals surface area contributed by atoms with Crippen molar-refractivity contribution in [1.82, 2.24) is 4.98 Å². The average molecular weight is 472 g/mol. The summed E-state index contributed by atoms with van der Waals surface area (Å²) in [6.07, 6.45) is 17.3. The van der Waals surface area contributed by atoms with Crippen LogP contribution in [0.1, 0.15) is 97.0 Å². The van der Waals surface area contributed by atoms with E-state index in [0.717, 1.165) is 17.7 Å². The Morgan fingerprint density at radius 1 is 0.879 bits per heavy atom. The average Bonchev–Trinajstić information content (AvgIpc) is 2.81. The molecule has 0 saturated heterocycles. The molecule has 0 fully saturated rings. The summed E-state index contributed by atoms with van der Waals surface area (Å²) < 4.78 is 5.40. The standard InChI is InChI=1S/C29H42ClNO2/c1-4-5-6-7-8-9-10-11-12-13-14-24-15-20-28(31-22-24)25-16-18-26(19-17-25)33-29(32)27(30)21-23(2)3/h15-20,22-23,27H,4-14,21H2,1-3H3.